The number of carbonyl (C=O) groups excluding carboxylic acids is 2. The van der Waals surface area contributed by atoms with Crippen molar-refractivity contribution in [2.45, 2.75) is 37.5 Å². The van der Waals surface area contributed by atoms with Crippen LogP contribution in [0.3, 0.4) is 0 Å². The molecule has 0 spiro atoms. The van der Waals surface area contributed by atoms with Gasteiger partial charge in [0.2, 0.25) is 21.8 Å². The topological polar surface area (TPSA) is 86.8 Å². The Labute approximate surface area is 201 Å². The summed E-state index contributed by atoms with van der Waals surface area (Å²) in [6.45, 7) is 2.55. The van der Waals surface area contributed by atoms with Gasteiger partial charge in [-0.1, -0.05) is 35.0 Å². The van der Waals surface area contributed by atoms with Crippen LogP contribution >= 0.6 is 15.9 Å². The van der Waals surface area contributed by atoms with E-state index in [4.69, 9.17) is 0 Å². The Bertz CT molecular complexity index is 1200. The molecule has 0 bridgehead atoms. The van der Waals surface area contributed by atoms with Crippen molar-refractivity contribution in [2.24, 2.45) is 5.92 Å². The summed E-state index contributed by atoms with van der Waals surface area (Å²) in [5.41, 5.74) is 1.40. The average Bonchev–Trinajstić information content (AvgIpc) is 3.23. The number of halogens is 2. The SMILES string of the molecule is CCC(=O)N1CCc2cc(Br)cc(S(=O)(=O)N3CCC(C(=O)Nc4ccccc4F)CC3)c21. The van der Waals surface area contributed by atoms with Gasteiger partial charge in [-0.25, -0.2) is 12.8 Å². The van der Waals surface area contributed by atoms with Crippen LogP contribution in [-0.2, 0) is 26.0 Å². The van der Waals surface area contributed by atoms with Gasteiger partial charge in [-0.15, -0.1) is 0 Å². The second-order valence-electron chi connectivity index (χ2n) is 8.21. The standard InChI is InChI=1S/C23H25BrFN3O4S/c1-2-21(29)28-12-9-16-13-17(24)14-20(22(16)28)33(31,32)27-10-7-15(8-11-27)23(30)26-19-6-4-3-5-18(19)25/h3-6,13-15H,2,7-12H2,1H3,(H,26,30). The van der Waals surface area contributed by atoms with Gasteiger partial charge in [-0.05, 0) is 49.1 Å². The van der Waals surface area contributed by atoms with Gasteiger partial charge in [0.15, 0.2) is 0 Å². The summed E-state index contributed by atoms with van der Waals surface area (Å²) in [5.74, 6) is -1.36. The average molecular weight is 538 g/mol. The van der Waals surface area contributed by atoms with Crippen molar-refractivity contribution in [3.63, 3.8) is 0 Å². The molecule has 2 aromatic rings. The fourth-order valence-electron chi connectivity index (χ4n) is 4.40. The van der Waals surface area contributed by atoms with Crippen molar-refractivity contribution in [2.75, 3.05) is 29.9 Å². The highest BCUT2D eigenvalue weighted by atomic mass is 79.9. The van der Waals surface area contributed by atoms with E-state index < -0.39 is 21.8 Å². The summed E-state index contributed by atoms with van der Waals surface area (Å²) >= 11 is 3.40. The number of nitrogens with one attached hydrogen (secondary N) is 1. The maximum absolute atomic E-state index is 13.8. The van der Waals surface area contributed by atoms with Gasteiger partial charge in [0.05, 0.1) is 11.4 Å². The van der Waals surface area contributed by atoms with E-state index in [1.54, 1.807) is 30.0 Å². The van der Waals surface area contributed by atoms with Gasteiger partial charge < -0.3 is 10.2 Å². The van der Waals surface area contributed by atoms with Crippen molar-refractivity contribution < 1.29 is 22.4 Å². The van der Waals surface area contributed by atoms with Gasteiger partial charge in [-0.2, -0.15) is 4.31 Å². The van der Waals surface area contributed by atoms with Crippen molar-refractivity contribution >= 4 is 49.1 Å². The molecule has 2 heterocycles. The zero-order valence-corrected chi connectivity index (χ0v) is 20.6. The third-order valence-electron chi connectivity index (χ3n) is 6.17. The first kappa shape index (κ1) is 23.8. The first-order valence-corrected chi connectivity index (χ1v) is 13.1. The Kier molecular flexibility index (Phi) is 6.88. The molecule has 10 heteroatoms. The number of anilines is 2. The van der Waals surface area contributed by atoms with Crippen LogP contribution in [0.4, 0.5) is 15.8 Å². The molecule has 0 unspecified atom stereocenters. The lowest BCUT2D eigenvalue weighted by Crippen LogP contribution is -2.42. The van der Waals surface area contributed by atoms with Crippen LogP contribution in [0, 0.1) is 11.7 Å². The van der Waals surface area contributed by atoms with E-state index in [9.17, 15) is 22.4 Å². The van der Waals surface area contributed by atoms with Crippen LogP contribution in [0.1, 0.15) is 31.7 Å². The molecule has 0 saturated carbocycles. The Morgan fingerprint density at radius 2 is 1.85 bits per heavy atom. The van der Waals surface area contributed by atoms with Crippen molar-refractivity contribution in [3.05, 3.63) is 52.3 Å². The molecule has 0 aliphatic carbocycles. The second kappa shape index (κ2) is 9.52. The fraction of sp³-hybridized carbons (Fsp3) is 0.391. The highest BCUT2D eigenvalue weighted by molar-refractivity contribution is 9.10. The molecule has 1 N–H and O–H groups in total. The Morgan fingerprint density at radius 1 is 1.15 bits per heavy atom. The number of benzene rings is 2. The van der Waals surface area contributed by atoms with Gasteiger partial charge in [0.1, 0.15) is 10.7 Å². The molecule has 0 atom stereocenters. The minimum atomic E-state index is -3.88. The number of rotatable bonds is 5. The summed E-state index contributed by atoms with van der Waals surface area (Å²) in [5, 5.41) is 2.60. The van der Waals surface area contributed by atoms with E-state index in [-0.39, 0.29) is 41.9 Å². The normalized spacial score (nSPS) is 17.1. The number of para-hydroxylation sites is 1. The maximum Gasteiger partial charge on any atom is 0.245 e. The number of piperidine rings is 1. The van der Waals surface area contributed by atoms with Gasteiger partial charge >= 0.3 is 0 Å². The highest BCUT2D eigenvalue weighted by Gasteiger charge is 2.37. The summed E-state index contributed by atoms with van der Waals surface area (Å²) in [4.78, 5) is 26.7. The summed E-state index contributed by atoms with van der Waals surface area (Å²) in [6.07, 6.45) is 1.54. The maximum atomic E-state index is 13.8. The summed E-state index contributed by atoms with van der Waals surface area (Å²) in [6, 6.07) is 9.35. The lowest BCUT2D eigenvalue weighted by Gasteiger charge is -2.31. The molecule has 2 amide bonds. The first-order chi connectivity index (χ1) is 15.7. The third kappa shape index (κ3) is 4.69. The van der Waals surface area contributed by atoms with Crippen molar-refractivity contribution in [1.29, 1.82) is 0 Å². The molecule has 7 nitrogen and oxygen atoms in total. The minimum absolute atomic E-state index is 0.112. The van der Waals surface area contributed by atoms with Crippen LogP contribution < -0.4 is 10.2 Å². The van der Waals surface area contributed by atoms with Crippen molar-refractivity contribution in [1.82, 2.24) is 4.31 Å². The summed E-state index contributed by atoms with van der Waals surface area (Å²) in [7, 11) is -3.88. The molecule has 33 heavy (non-hydrogen) atoms. The van der Waals surface area contributed by atoms with E-state index in [0.29, 0.717) is 36.0 Å². The van der Waals surface area contributed by atoms with Crippen LogP contribution in [0.5, 0.6) is 0 Å². The number of fused-ring (bicyclic) bond motifs is 1. The van der Waals surface area contributed by atoms with E-state index in [0.717, 1.165) is 5.56 Å². The molecule has 0 aromatic heterocycles. The molecule has 1 fully saturated rings. The molecule has 176 valence electrons. The lowest BCUT2D eigenvalue weighted by molar-refractivity contribution is -0.121. The molecular weight excluding hydrogens is 513 g/mol. The monoisotopic (exact) mass is 537 g/mol. The Morgan fingerprint density at radius 3 is 2.52 bits per heavy atom. The van der Waals surface area contributed by atoms with Gasteiger partial charge in [-0.3, -0.25) is 9.59 Å². The molecule has 4 rings (SSSR count). The number of nitrogens with zero attached hydrogens (tertiary/aromatic N) is 2. The first-order valence-electron chi connectivity index (χ1n) is 10.9. The van der Waals surface area contributed by atoms with Crippen LogP contribution in [0.2, 0.25) is 0 Å². The molecule has 1 saturated heterocycles. The van der Waals surface area contributed by atoms with Gasteiger partial charge in [0, 0.05) is 36.4 Å². The van der Waals surface area contributed by atoms with Crippen LogP contribution in [0.15, 0.2) is 45.8 Å². The van der Waals surface area contributed by atoms with Crippen LogP contribution in [-0.4, -0.2) is 44.2 Å². The number of hydrogen-bond donors (Lipinski definition) is 1. The Balaban J connectivity index is 1.52. The van der Waals surface area contributed by atoms with E-state index in [1.807, 2.05) is 6.07 Å². The number of hydrogen-bond acceptors (Lipinski definition) is 4. The predicted molar refractivity (Wildman–Crippen MR) is 127 cm³/mol. The minimum Gasteiger partial charge on any atom is -0.323 e. The lowest BCUT2D eigenvalue weighted by atomic mass is 9.97. The van der Waals surface area contributed by atoms with E-state index >= 15 is 0 Å². The molecule has 2 aliphatic rings. The van der Waals surface area contributed by atoms with Crippen LogP contribution in [0.25, 0.3) is 0 Å². The molecule has 2 aliphatic heterocycles. The van der Waals surface area contributed by atoms with Gasteiger partial charge in [0.25, 0.3) is 0 Å². The largest absolute Gasteiger partial charge is 0.323 e. The Hall–Kier alpha value is -2.30. The van der Waals surface area contributed by atoms with E-state index in [2.05, 4.69) is 21.2 Å². The molecular formula is C23H25BrFN3O4S. The second-order valence-corrected chi connectivity index (χ2v) is 11.0. The molecule has 0 radical (unpaired) electrons. The third-order valence-corrected chi connectivity index (χ3v) is 8.54. The predicted octanol–water partition coefficient (Wildman–Crippen LogP) is 3.93. The quantitative estimate of drug-likeness (QED) is 0.626. The molecule has 2 aromatic carbocycles. The highest BCUT2D eigenvalue weighted by Crippen LogP contribution is 2.39. The number of sulfonamides is 1. The fourth-order valence-corrected chi connectivity index (χ4v) is 6.79. The zero-order chi connectivity index (χ0) is 23.8. The van der Waals surface area contributed by atoms with E-state index in [1.165, 1.54) is 16.4 Å². The summed E-state index contributed by atoms with van der Waals surface area (Å²) < 4.78 is 43.0. The zero-order valence-electron chi connectivity index (χ0n) is 18.2. The van der Waals surface area contributed by atoms with Crippen molar-refractivity contribution in [3.8, 4) is 0 Å². The number of carbonyl (C=O) groups is 2. The number of amides is 2. The smallest absolute Gasteiger partial charge is 0.245 e.